The SMILES string of the molecule is C=CC(=O)Oc1cccc(C(=O)c2ccccc2)c1CC. The zero-order chi connectivity index (χ0) is 15.2. The predicted molar refractivity (Wildman–Crippen MR) is 81.5 cm³/mol. The van der Waals surface area contributed by atoms with Gasteiger partial charge in [0.05, 0.1) is 0 Å². The Labute approximate surface area is 123 Å². The Morgan fingerprint density at radius 1 is 1.10 bits per heavy atom. The molecule has 3 nitrogen and oxygen atoms in total. The molecule has 0 amide bonds. The van der Waals surface area contributed by atoms with Crippen LogP contribution in [0.25, 0.3) is 0 Å². The Morgan fingerprint density at radius 2 is 1.81 bits per heavy atom. The monoisotopic (exact) mass is 280 g/mol. The van der Waals surface area contributed by atoms with E-state index < -0.39 is 5.97 Å². The van der Waals surface area contributed by atoms with Gasteiger partial charge in [0.2, 0.25) is 0 Å². The van der Waals surface area contributed by atoms with E-state index in [0.717, 1.165) is 11.6 Å². The normalized spacial score (nSPS) is 9.95. The van der Waals surface area contributed by atoms with Gasteiger partial charge in [-0.05, 0) is 12.5 Å². The van der Waals surface area contributed by atoms with Gasteiger partial charge in [0.15, 0.2) is 5.78 Å². The fourth-order valence-corrected chi connectivity index (χ4v) is 2.13. The van der Waals surface area contributed by atoms with Crippen molar-refractivity contribution in [3.63, 3.8) is 0 Å². The van der Waals surface area contributed by atoms with E-state index in [9.17, 15) is 9.59 Å². The van der Waals surface area contributed by atoms with E-state index >= 15 is 0 Å². The standard InChI is InChI=1S/C18H16O3/c1-3-14-15(18(20)13-9-6-5-7-10-13)11-8-12-16(14)21-17(19)4-2/h4-12H,2-3H2,1H3. The molecule has 0 unspecified atom stereocenters. The molecule has 0 saturated heterocycles. The molecular formula is C18H16O3. The van der Waals surface area contributed by atoms with E-state index in [2.05, 4.69) is 6.58 Å². The van der Waals surface area contributed by atoms with E-state index in [1.54, 1.807) is 30.3 Å². The number of ketones is 1. The largest absolute Gasteiger partial charge is 0.423 e. The molecule has 2 aromatic carbocycles. The molecule has 0 aliphatic heterocycles. The molecule has 0 aliphatic carbocycles. The quantitative estimate of drug-likeness (QED) is 0.364. The summed E-state index contributed by atoms with van der Waals surface area (Å²) >= 11 is 0. The number of ether oxygens (including phenoxy) is 1. The van der Waals surface area contributed by atoms with Gasteiger partial charge in [-0.2, -0.15) is 0 Å². The molecule has 0 bridgehead atoms. The van der Waals surface area contributed by atoms with Gasteiger partial charge in [-0.3, -0.25) is 4.79 Å². The summed E-state index contributed by atoms with van der Waals surface area (Å²) in [5, 5.41) is 0. The second-order valence-electron chi connectivity index (χ2n) is 4.46. The topological polar surface area (TPSA) is 43.4 Å². The van der Waals surface area contributed by atoms with Gasteiger partial charge in [-0.15, -0.1) is 0 Å². The number of esters is 1. The van der Waals surface area contributed by atoms with Gasteiger partial charge in [-0.1, -0.05) is 56.0 Å². The van der Waals surface area contributed by atoms with E-state index in [-0.39, 0.29) is 5.78 Å². The van der Waals surface area contributed by atoms with Crippen molar-refractivity contribution >= 4 is 11.8 Å². The van der Waals surface area contributed by atoms with Crippen molar-refractivity contribution in [2.75, 3.05) is 0 Å². The van der Waals surface area contributed by atoms with Crippen molar-refractivity contribution in [3.05, 3.63) is 77.9 Å². The molecule has 3 heteroatoms. The first-order valence-electron chi connectivity index (χ1n) is 6.73. The average Bonchev–Trinajstić information content (AvgIpc) is 2.54. The van der Waals surface area contributed by atoms with Gasteiger partial charge in [-0.25, -0.2) is 4.79 Å². The van der Waals surface area contributed by atoms with Crippen LogP contribution in [0.3, 0.4) is 0 Å². The second kappa shape index (κ2) is 6.66. The zero-order valence-corrected chi connectivity index (χ0v) is 11.8. The summed E-state index contributed by atoms with van der Waals surface area (Å²) in [6.45, 7) is 5.29. The molecule has 0 fully saturated rings. The molecule has 0 N–H and O–H groups in total. The van der Waals surface area contributed by atoms with Crippen LogP contribution in [0.15, 0.2) is 61.2 Å². The highest BCUT2D eigenvalue weighted by molar-refractivity contribution is 6.10. The minimum Gasteiger partial charge on any atom is -0.423 e. The highest BCUT2D eigenvalue weighted by Gasteiger charge is 2.16. The number of benzene rings is 2. The molecule has 2 aromatic rings. The van der Waals surface area contributed by atoms with Gasteiger partial charge in [0.1, 0.15) is 5.75 Å². The number of carbonyl (C=O) groups excluding carboxylic acids is 2. The van der Waals surface area contributed by atoms with Crippen molar-refractivity contribution in [1.82, 2.24) is 0 Å². The number of hydrogen-bond acceptors (Lipinski definition) is 3. The van der Waals surface area contributed by atoms with Crippen molar-refractivity contribution in [2.24, 2.45) is 0 Å². The summed E-state index contributed by atoms with van der Waals surface area (Å²) in [4.78, 5) is 23.9. The fourth-order valence-electron chi connectivity index (χ4n) is 2.13. The molecule has 0 spiro atoms. The maximum absolute atomic E-state index is 12.6. The molecule has 21 heavy (non-hydrogen) atoms. The smallest absolute Gasteiger partial charge is 0.335 e. The summed E-state index contributed by atoms with van der Waals surface area (Å²) in [5.74, 6) is -0.206. The third-order valence-electron chi connectivity index (χ3n) is 3.14. The Hall–Kier alpha value is -2.68. The van der Waals surface area contributed by atoms with Crippen LogP contribution in [0.4, 0.5) is 0 Å². The highest BCUT2D eigenvalue weighted by atomic mass is 16.5. The molecule has 2 rings (SSSR count). The van der Waals surface area contributed by atoms with Gasteiger partial charge in [0, 0.05) is 22.8 Å². The summed E-state index contributed by atoms with van der Waals surface area (Å²) in [6, 6.07) is 14.2. The van der Waals surface area contributed by atoms with Crippen LogP contribution in [-0.4, -0.2) is 11.8 Å². The van der Waals surface area contributed by atoms with E-state index in [4.69, 9.17) is 4.74 Å². The summed E-state index contributed by atoms with van der Waals surface area (Å²) in [5.41, 5.74) is 1.89. The summed E-state index contributed by atoms with van der Waals surface area (Å²) in [6.07, 6.45) is 1.69. The molecule has 106 valence electrons. The van der Waals surface area contributed by atoms with Gasteiger partial charge in [0.25, 0.3) is 0 Å². The van der Waals surface area contributed by atoms with Crippen LogP contribution in [0.2, 0.25) is 0 Å². The number of carbonyl (C=O) groups is 2. The maximum Gasteiger partial charge on any atom is 0.335 e. The van der Waals surface area contributed by atoms with Crippen LogP contribution in [0, 0.1) is 0 Å². The molecular weight excluding hydrogens is 264 g/mol. The predicted octanol–water partition coefficient (Wildman–Crippen LogP) is 3.57. The van der Waals surface area contributed by atoms with Crippen LogP contribution < -0.4 is 4.74 Å². The van der Waals surface area contributed by atoms with Crippen molar-refractivity contribution in [2.45, 2.75) is 13.3 Å². The first-order chi connectivity index (χ1) is 10.2. The lowest BCUT2D eigenvalue weighted by molar-refractivity contribution is -0.129. The minimum absolute atomic E-state index is 0.0797. The lowest BCUT2D eigenvalue weighted by Gasteiger charge is -2.12. The lowest BCUT2D eigenvalue weighted by Crippen LogP contribution is -2.10. The molecule has 0 aromatic heterocycles. The summed E-state index contributed by atoms with van der Waals surface area (Å²) < 4.78 is 5.20. The van der Waals surface area contributed by atoms with Crippen LogP contribution in [0.5, 0.6) is 5.75 Å². The van der Waals surface area contributed by atoms with Crippen molar-refractivity contribution in [1.29, 1.82) is 0 Å². The first-order valence-corrected chi connectivity index (χ1v) is 6.73. The van der Waals surface area contributed by atoms with Crippen LogP contribution in [-0.2, 0) is 11.2 Å². The highest BCUT2D eigenvalue weighted by Crippen LogP contribution is 2.25. The van der Waals surface area contributed by atoms with Gasteiger partial charge < -0.3 is 4.74 Å². The molecule has 0 saturated carbocycles. The van der Waals surface area contributed by atoms with Crippen molar-refractivity contribution in [3.8, 4) is 5.75 Å². The van der Waals surface area contributed by atoms with Gasteiger partial charge >= 0.3 is 5.97 Å². The Morgan fingerprint density at radius 3 is 2.43 bits per heavy atom. The molecule has 0 radical (unpaired) electrons. The maximum atomic E-state index is 12.6. The second-order valence-corrected chi connectivity index (χ2v) is 4.46. The number of rotatable bonds is 5. The minimum atomic E-state index is -0.533. The summed E-state index contributed by atoms with van der Waals surface area (Å²) in [7, 11) is 0. The number of hydrogen-bond donors (Lipinski definition) is 0. The molecule has 0 heterocycles. The Bertz CT molecular complexity index is 672. The lowest BCUT2D eigenvalue weighted by atomic mass is 9.96. The van der Waals surface area contributed by atoms with E-state index in [1.807, 2.05) is 25.1 Å². The average molecular weight is 280 g/mol. The van der Waals surface area contributed by atoms with Crippen LogP contribution >= 0.6 is 0 Å². The van der Waals surface area contributed by atoms with Crippen molar-refractivity contribution < 1.29 is 14.3 Å². The Balaban J connectivity index is 2.44. The zero-order valence-electron chi connectivity index (χ0n) is 11.8. The third kappa shape index (κ3) is 3.26. The third-order valence-corrected chi connectivity index (χ3v) is 3.14. The van der Waals surface area contributed by atoms with E-state index in [1.165, 1.54) is 0 Å². The molecule has 0 aliphatic rings. The fraction of sp³-hybridized carbons (Fsp3) is 0.111. The van der Waals surface area contributed by atoms with Crippen LogP contribution in [0.1, 0.15) is 28.4 Å². The Kier molecular flexibility index (Phi) is 4.67. The molecule has 0 atom stereocenters. The first kappa shape index (κ1) is 14.7. The van der Waals surface area contributed by atoms with E-state index in [0.29, 0.717) is 23.3 Å².